The molecule has 1 aromatic carbocycles. The summed E-state index contributed by atoms with van der Waals surface area (Å²) in [5, 5.41) is 0. The molecule has 0 aromatic heterocycles. The van der Waals surface area contributed by atoms with Gasteiger partial charge in [0.1, 0.15) is 10.1 Å². The van der Waals surface area contributed by atoms with Gasteiger partial charge in [-0.2, -0.15) is 0 Å². The Morgan fingerprint density at radius 2 is 1.37 bits per heavy atom. The van der Waals surface area contributed by atoms with E-state index in [0.29, 0.717) is 0 Å². The van der Waals surface area contributed by atoms with E-state index < -0.39 is 17.4 Å². The minimum Gasteiger partial charge on any atom is -0.744 e. The second-order valence-corrected chi connectivity index (χ2v) is 11.4. The van der Waals surface area contributed by atoms with Crippen LogP contribution in [0.1, 0.15) is 26.3 Å². The first-order valence-electron chi connectivity index (χ1n) is 6.54. The van der Waals surface area contributed by atoms with Crippen molar-refractivity contribution >= 4 is 17.4 Å². The molecule has 0 saturated carbocycles. The highest BCUT2D eigenvalue weighted by Gasteiger charge is 2.22. The Kier molecular flexibility index (Phi) is 7.80. The number of hydrogen-bond acceptors (Lipinski definition) is 3. The van der Waals surface area contributed by atoms with Crippen LogP contribution in [0.2, 0.25) is 0 Å². The molecule has 1 aromatic rings. The fourth-order valence-electron chi connectivity index (χ4n) is 1.38. The van der Waals surface area contributed by atoms with Gasteiger partial charge in [0.05, 0.1) is 23.4 Å². The Labute approximate surface area is 118 Å². The summed E-state index contributed by atoms with van der Waals surface area (Å²) in [6.07, 6.45) is 4.29. The van der Waals surface area contributed by atoms with Crippen molar-refractivity contribution in [1.29, 1.82) is 0 Å². The SMILES string of the molecule is CC[P+](C)(CC)CC.Cc1ccc(S(=O)(=O)[O-])cc1. The van der Waals surface area contributed by atoms with Crippen LogP contribution < -0.4 is 0 Å². The average molecular weight is 304 g/mol. The molecule has 110 valence electrons. The van der Waals surface area contributed by atoms with E-state index in [2.05, 4.69) is 27.4 Å². The number of aryl methyl sites for hydroxylation is 1. The first kappa shape index (κ1) is 18.6. The summed E-state index contributed by atoms with van der Waals surface area (Å²) in [6.45, 7) is 11.2. The van der Waals surface area contributed by atoms with Crippen molar-refractivity contribution in [3.8, 4) is 0 Å². The zero-order chi connectivity index (χ0) is 15.1. The molecule has 0 unspecified atom stereocenters. The highest BCUT2D eigenvalue weighted by Crippen LogP contribution is 2.53. The molecular formula is C14H25O3PS. The van der Waals surface area contributed by atoms with Gasteiger partial charge in [0.25, 0.3) is 0 Å². The molecule has 1 rings (SSSR count). The van der Waals surface area contributed by atoms with Gasteiger partial charge in [0, 0.05) is 13.9 Å². The number of benzene rings is 1. The maximum Gasteiger partial charge on any atom is 0.124 e. The third-order valence-electron chi connectivity index (χ3n) is 3.60. The van der Waals surface area contributed by atoms with Gasteiger partial charge in [0.2, 0.25) is 0 Å². The average Bonchev–Trinajstić information content (AvgIpc) is 2.38. The molecule has 3 nitrogen and oxygen atoms in total. The molecule has 0 radical (unpaired) electrons. The third-order valence-corrected chi connectivity index (χ3v) is 9.03. The predicted octanol–water partition coefficient (Wildman–Crippen LogP) is 3.59. The quantitative estimate of drug-likeness (QED) is 0.631. The Balaban J connectivity index is 0.000000362. The van der Waals surface area contributed by atoms with Crippen LogP contribution in [0.5, 0.6) is 0 Å². The van der Waals surface area contributed by atoms with E-state index in [1.54, 1.807) is 12.1 Å². The normalized spacial score (nSPS) is 11.7. The first-order valence-corrected chi connectivity index (χ1v) is 10.7. The van der Waals surface area contributed by atoms with Gasteiger partial charge in [-0.1, -0.05) is 17.7 Å². The lowest BCUT2D eigenvalue weighted by Gasteiger charge is -2.16. The van der Waals surface area contributed by atoms with Crippen LogP contribution in [0.25, 0.3) is 0 Å². The number of rotatable bonds is 4. The van der Waals surface area contributed by atoms with Gasteiger partial charge < -0.3 is 4.55 Å². The second-order valence-electron chi connectivity index (χ2n) is 4.84. The first-order chi connectivity index (χ1) is 8.68. The van der Waals surface area contributed by atoms with Crippen LogP contribution in [0.15, 0.2) is 29.2 Å². The van der Waals surface area contributed by atoms with E-state index in [1.807, 2.05) is 6.92 Å². The van der Waals surface area contributed by atoms with Crippen molar-refractivity contribution in [3.05, 3.63) is 29.8 Å². The minimum absolute atomic E-state index is 0.178. The molecule has 0 saturated heterocycles. The van der Waals surface area contributed by atoms with Crippen LogP contribution in [0.4, 0.5) is 0 Å². The topological polar surface area (TPSA) is 57.2 Å². The maximum atomic E-state index is 10.4. The monoisotopic (exact) mass is 304 g/mol. The van der Waals surface area contributed by atoms with Crippen molar-refractivity contribution in [2.45, 2.75) is 32.6 Å². The lowest BCUT2D eigenvalue weighted by Crippen LogP contribution is -1.98. The predicted molar refractivity (Wildman–Crippen MR) is 83.6 cm³/mol. The Hall–Kier alpha value is -0.440. The fraction of sp³-hybridized carbons (Fsp3) is 0.571. The summed E-state index contributed by atoms with van der Waals surface area (Å²) in [4.78, 5) is -0.178. The highest BCUT2D eigenvalue weighted by atomic mass is 32.2. The van der Waals surface area contributed by atoms with Crippen LogP contribution in [-0.2, 0) is 10.1 Å². The van der Waals surface area contributed by atoms with Gasteiger partial charge in [-0.25, -0.2) is 8.42 Å². The zero-order valence-corrected chi connectivity index (χ0v) is 14.2. The largest absolute Gasteiger partial charge is 0.744 e. The summed E-state index contributed by atoms with van der Waals surface area (Å²) >= 11 is 0. The van der Waals surface area contributed by atoms with Gasteiger partial charge >= 0.3 is 0 Å². The molecule has 0 fully saturated rings. The van der Waals surface area contributed by atoms with Gasteiger partial charge in [0.15, 0.2) is 0 Å². The molecule has 0 aliphatic rings. The van der Waals surface area contributed by atoms with Crippen molar-refractivity contribution < 1.29 is 13.0 Å². The van der Waals surface area contributed by atoms with E-state index >= 15 is 0 Å². The van der Waals surface area contributed by atoms with Gasteiger partial charge in [-0.15, -0.1) is 0 Å². The summed E-state index contributed by atoms with van der Waals surface area (Å²) in [7, 11) is -4.68. The Bertz CT molecular complexity index is 454. The molecule has 0 amide bonds. The van der Waals surface area contributed by atoms with Crippen molar-refractivity contribution in [2.75, 3.05) is 25.2 Å². The molecule has 19 heavy (non-hydrogen) atoms. The van der Waals surface area contributed by atoms with Crippen molar-refractivity contribution in [3.63, 3.8) is 0 Å². The summed E-state index contributed by atoms with van der Waals surface area (Å²) in [6, 6.07) is 5.78. The lowest BCUT2D eigenvalue weighted by molar-refractivity contribution is 0.463. The van der Waals surface area contributed by atoms with E-state index in [9.17, 15) is 13.0 Å². The molecule has 0 N–H and O–H groups in total. The molecule has 0 atom stereocenters. The van der Waals surface area contributed by atoms with Crippen molar-refractivity contribution in [1.82, 2.24) is 0 Å². The molecular weight excluding hydrogens is 279 g/mol. The Morgan fingerprint density at radius 3 is 1.58 bits per heavy atom. The maximum absolute atomic E-state index is 10.4. The summed E-state index contributed by atoms with van der Waals surface area (Å²) in [5.74, 6) is 0. The minimum atomic E-state index is -4.27. The van der Waals surface area contributed by atoms with Crippen LogP contribution in [-0.4, -0.2) is 38.1 Å². The fourth-order valence-corrected chi connectivity index (χ4v) is 3.19. The van der Waals surface area contributed by atoms with Crippen molar-refractivity contribution in [2.24, 2.45) is 0 Å². The summed E-state index contributed by atoms with van der Waals surface area (Å²) in [5.41, 5.74) is 0.928. The second kappa shape index (κ2) is 7.98. The van der Waals surface area contributed by atoms with Gasteiger partial charge in [-0.05, 0) is 39.8 Å². The van der Waals surface area contributed by atoms with E-state index in [-0.39, 0.29) is 4.90 Å². The number of hydrogen-bond donors (Lipinski definition) is 0. The van der Waals surface area contributed by atoms with Crippen LogP contribution in [0, 0.1) is 6.92 Å². The standard InChI is InChI=1S/C7H8O3S.C7H18P/c1-6-2-4-7(5-3-6)11(8,9)10;1-5-8(4,6-2)7-3/h2-5H,1H3,(H,8,9,10);5-7H2,1-4H3/q;+1/p-1. The molecule has 0 heterocycles. The summed E-state index contributed by atoms with van der Waals surface area (Å²) < 4.78 is 31.2. The molecule has 5 heteroatoms. The zero-order valence-electron chi connectivity index (χ0n) is 12.5. The molecule has 0 spiro atoms. The van der Waals surface area contributed by atoms with Gasteiger partial charge in [-0.3, -0.25) is 0 Å². The van der Waals surface area contributed by atoms with Crippen LogP contribution >= 0.6 is 7.26 Å². The molecule has 0 bridgehead atoms. The third kappa shape index (κ3) is 7.05. The van der Waals surface area contributed by atoms with Crippen LogP contribution in [0.3, 0.4) is 0 Å². The van der Waals surface area contributed by atoms with E-state index in [0.717, 1.165) is 5.56 Å². The smallest absolute Gasteiger partial charge is 0.124 e. The lowest BCUT2D eigenvalue weighted by atomic mass is 10.2. The van der Waals surface area contributed by atoms with E-state index in [1.165, 1.54) is 30.6 Å². The Morgan fingerprint density at radius 1 is 1.00 bits per heavy atom. The van der Waals surface area contributed by atoms with E-state index in [4.69, 9.17) is 0 Å². The molecule has 0 aliphatic heterocycles. The highest BCUT2D eigenvalue weighted by molar-refractivity contribution is 7.85. The molecule has 0 aliphatic carbocycles.